The molecule has 0 radical (unpaired) electrons. The predicted molar refractivity (Wildman–Crippen MR) is 95.8 cm³/mol. The fraction of sp³-hybridized carbons (Fsp3) is 0.500. The third-order valence-corrected chi connectivity index (χ3v) is 4.20. The maximum absolute atomic E-state index is 12.6. The second kappa shape index (κ2) is 8.15. The van der Waals surface area contributed by atoms with Crippen molar-refractivity contribution in [3.05, 3.63) is 28.8 Å². The molecule has 0 fully saturated rings. The monoisotopic (exact) mass is 366 g/mol. The molecule has 9 heteroatoms. The van der Waals surface area contributed by atoms with Crippen molar-refractivity contribution in [2.45, 2.75) is 46.7 Å². The van der Waals surface area contributed by atoms with Gasteiger partial charge in [0.1, 0.15) is 6.04 Å². The molecule has 0 aliphatic rings. The van der Waals surface area contributed by atoms with Gasteiger partial charge in [0.15, 0.2) is 5.69 Å². The van der Waals surface area contributed by atoms with Crippen molar-refractivity contribution in [3.63, 3.8) is 0 Å². The molecule has 136 valence electrons. The summed E-state index contributed by atoms with van der Waals surface area (Å²) in [5, 5.41) is 14.4. The lowest BCUT2D eigenvalue weighted by molar-refractivity contribution is -0.119. The minimum absolute atomic E-state index is 0.200. The zero-order chi connectivity index (χ0) is 18.6. The van der Waals surface area contributed by atoms with E-state index in [9.17, 15) is 9.59 Å². The molecule has 2 heterocycles. The fourth-order valence-electron chi connectivity index (χ4n) is 2.31. The molecule has 2 aromatic heterocycles. The lowest BCUT2D eigenvalue weighted by Crippen LogP contribution is -2.28. The summed E-state index contributed by atoms with van der Waals surface area (Å²) in [6.45, 7) is 8.52. The second-order valence-electron chi connectivity index (χ2n) is 5.69. The number of amides is 2. The molecule has 0 bridgehead atoms. The number of nitrogens with zero attached hydrogens (tertiary/aromatic N) is 4. The second-order valence-corrected chi connectivity index (χ2v) is 6.10. The van der Waals surface area contributed by atoms with E-state index < -0.39 is 6.04 Å². The van der Waals surface area contributed by atoms with E-state index in [1.807, 2.05) is 13.8 Å². The molecule has 2 N–H and O–H groups in total. The van der Waals surface area contributed by atoms with Gasteiger partial charge >= 0.3 is 0 Å². The number of nitrogens with one attached hydrogen (secondary N) is 2. The molecule has 0 aliphatic heterocycles. The minimum Gasteiger partial charge on any atom is -0.351 e. The van der Waals surface area contributed by atoms with Crippen LogP contribution in [0.5, 0.6) is 0 Å². The molecule has 2 aromatic rings. The highest BCUT2D eigenvalue weighted by atomic mass is 35.5. The van der Waals surface area contributed by atoms with Crippen molar-refractivity contribution in [1.82, 2.24) is 24.9 Å². The summed E-state index contributed by atoms with van der Waals surface area (Å²) in [5.41, 5.74) is 1.28. The summed E-state index contributed by atoms with van der Waals surface area (Å²) >= 11 is 5.99. The van der Waals surface area contributed by atoms with Crippen LogP contribution in [0.25, 0.3) is 0 Å². The van der Waals surface area contributed by atoms with Crippen LogP contribution in [0, 0.1) is 6.92 Å². The molecule has 0 aliphatic carbocycles. The third kappa shape index (κ3) is 4.19. The Hall–Kier alpha value is -2.35. The van der Waals surface area contributed by atoms with Gasteiger partial charge in [0.25, 0.3) is 5.91 Å². The van der Waals surface area contributed by atoms with E-state index in [1.54, 1.807) is 29.4 Å². The Balaban J connectivity index is 2.20. The lowest BCUT2D eigenvalue weighted by atomic mass is 10.2. The lowest BCUT2D eigenvalue weighted by Gasteiger charge is -2.14. The molecule has 0 spiro atoms. The summed E-state index contributed by atoms with van der Waals surface area (Å²) in [6.07, 6.45) is 3.96. The molecule has 0 saturated carbocycles. The van der Waals surface area contributed by atoms with Crippen molar-refractivity contribution >= 4 is 29.1 Å². The number of hydrogen-bond acceptors (Lipinski definition) is 4. The van der Waals surface area contributed by atoms with Gasteiger partial charge in [-0.05, 0) is 27.2 Å². The first-order chi connectivity index (χ1) is 11.9. The van der Waals surface area contributed by atoms with Gasteiger partial charge < -0.3 is 10.6 Å². The molecule has 1 atom stereocenters. The molecule has 8 nitrogen and oxygen atoms in total. The average Bonchev–Trinajstić information content (AvgIpc) is 3.16. The number of aryl methyl sites for hydroxylation is 1. The molecular formula is C16H23ClN6O2. The predicted octanol–water partition coefficient (Wildman–Crippen LogP) is 2.40. The smallest absolute Gasteiger partial charge is 0.273 e. The van der Waals surface area contributed by atoms with Gasteiger partial charge in [-0.2, -0.15) is 10.2 Å². The fourth-order valence-corrected chi connectivity index (χ4v) is 2.44. The first kappa shape index (κ1) is 19.0. The van der Waals surface area contributed by atoms with Gasteiger partial charge in [-0.25, -0.2) is 0 Å². The molecule has 0 aromatic carbocycles. The summed E-state index contributed by atoms with van der Waals surface area (Å²) in [7, 11) is 0. The highest BCUT2D eigenvalue weighted by molar-refractivity contribution is 6.31. The van der Waals surface area contributed by atoms with E-state index >= 15 is 0 Å². The van der Waals surface area contributed by atoms with E-state index in [-0.39, 0.29) is 17.5 Å². The average molecular weight is 367 g/mol. The van der Waals surface area contributed by atoms with Gasteiger partial charge in [-0.3, -0.25) is 19.0 Å². The van der Waals surface area contributed by atoms with Crippen molar-refractivity contribution < 1.29 is 9.59 Å². The van der Waals surface area contributed by atoms with Gasteiger partial charge in [0, 0.05) is 19.3 Å². The molecular weight excluding hydrogens is 344 g/mol. The van der Waals surface area contributed by atoms with Crippen LogP contribution >= 0.6 is 11.6 Å². The van der Waals surface area contributed by atoms with E-state index in [0.29, 0.717) is 29.5 Å². The number of hydrogen-bond donors (Lipinski definition) is 2. The van der Waals surface area contributed by atoms with Crippen molar-refractivity contribution in [2.75, 3.05) is 11.9 Å². The van der Waals surface area contributed by atoms with E-state index in [0.717, 1.165) is 6.42 Å². The first-order valence-corrected chi connectivity index (χ1v) is 8.62. The Morgan fingerprint density at radius 1 is 1.36 bits per heavy atom. The largest absolute Gasteiger partial charge is 0.351 e. The van der Waals surface area contributed by atoms with Gasteiger partial charge in [-0.1, -0.05) is 18.5 Å². The molecule has 25 heavy (non-hydrogen) atoms. The first-order valence-electron chi connectivity index (χ1n) is 8.25. The van der Waals surface area contributed by atoms with Crippen LogP contribution in [-0.4, -0.2) is 37.9 Å². The van der Waals surface area contributed by atoms with Crippen molar-refractivity contribution in [3.8, 4) is 0 Å². The highest BCUT2D eigenvalue weighted by Gasteiger charge is 2.23. The number of carbonyl (C=O) groups excluding carboxylic acids is 2. The topological polar surface area (TPSA) is 93.8 Å². The quantitative estimate of drug-likeness (QED) is 0.786. The van der Waals surface area contributed by atoms with Crippen LogP contribution in [-0.2, 0) is 11.3 Å². The number of carbonyl (C=O) groups is 2. The van der Waals surface area contributed by atoms with Crippen LogP contribution in [0.2, 0.25) is 5.02 Å². The molecule has 2 amide bonds. The zero-order valence-electron chi connectivity index (χ0n) is 14.8. The van der Waals surface area contributed by atoms with E-state index in [4.69, 9.17) is 11.6 Å². The van der Waals surface area contributed by atoms with Crippen LogP contribution in [0.1, 0.15) is 49.4 Å². The Bertz CT molecular complexity index is 767. The number of aromatic nitrogens is 4. The van der Waals surface area contributed by atoms with Crippen molar-refractivity contribution in [1.29, 1.82) is 0 Å². The summed E-state index contributed by atoms with van der Waals surface area (Å²) in [4.78, 5) is 24.8. The summed E-state index contributed by atoms with van der Waals surface area (Å²) in [5.74, 6) is -0.613. The molecule has 0 unspecified atom stereocenters. The number of rotatable bonds is 7. The highest BCUT2D eigenvalue weighted by Crippen LogP contribution is 2.20. The molecule has 2 rings (SSSR count). The third-order valence-electron chi connectivity index (χ3n) is 3.83. The Morgan fingerprint density at radius 3 is 2.64 bits per heavy atom. The van der Waals surface area contributed by atoms with Crippen LogP contribution < -0.4 is 10.6 Å². The summed E-state index contributed by atoms with van der Waals surface area (Å²) < 4.78 is 3.15. The normalized spacial score (nSPS) is 12.0. The SMILES string of the molecule is CCCNC(=O)c1nn(CC)cc1NC(=O)[C@H](C)n1ncc(Cl)c1C. The van der Waals surface area contributed by atoms with Gasteiger partial charge in [0.05, 0.1) is 22.6 Å². The minimum atomic E-state index is -0.580. The number of anilines is 1. The van der Waals surface area contributed by atoms with Gasteiger partial charge in [-0.15, -0.1) is 0 Å². The van der Waals surface area contributed by atoms with Crippen LogP contribution in [0.4, 0.5) is 5.69 Å². The van der Waals surface area contributed by atoms with E-state index in [2.05, 4.69) is 20.8 Å². The summed E-state index contributed by atoms with van der Waals surface area (Å²) in [6, 6.07) is -0.580. The maximum atomic E-state index is 12.6. The number of halogens is 1. The standard InChI is InChI=1S/C16H23ClN6O2/c1-5-7-18-16(25)14-13(9-22(6-2)21-14)20-15(24)11(4)23-10(3)12(17)8-19-23/h8-9,11H,5-7H2,1-4H3,(H,18,25)(H,20,24)/t11-/m0/s1. The van der Waals surface area contributed by atoms with E-state index in [1.165, 1.54) is 6.20 Å². The maximum Gasteiger partial charge on any atom is 0.273 e. The van der Waals surface area contributed by atoms with Gasteiger partial charge in [0.2, 0.25) is 5.91 Å². The van der Waals surface area contributed by atoms with Crippen molar-refractivity contribution in [2.24, 2.45) is 0 Å². The van der Waals surface area contributed by atoms with Crippen LogP contribution in [0.15, 0.2) is 12.4 Å². The Kier molecular flexibility index (Phi) is 6.19. The van der Waals surface area contributed by atoms with Crippen LogP contribution in [0.3, 0.4) is 0 Å². The Labute approximate surface area is 151 Å². The molecule has 0 saturated heterocycles. The zero-order valence-corrected chi connectivity index (χ0v) is 15.6. The Morgan fingerprint density at radius 2 is 2.08 bits per heavy atom.